The van der Waals surface area contributed by atoms with Crippen molar-refractivity contribution < 1.29 is 17.6 Å². The second kappa shape index (κ2) is 5.99. The maximum atomic E-state index is 13.1. The Bertz CT molecular complexity index is 679. The van der Waals surface area contributed by atoms with Gasteiger partial charge in [-0.05, 0) is 24.3 Å². The van der Waals surface area contributed by atoms with Crippen molar-refractivity contribution in [1.82, 2.24) is 4.57 Å². The normalized spacial score (nSPS) is 11.4. The smallest absolute Gasteiger partial charge is 0.383 e. The minimum absolute atomic E-state index is 0.146. The van der Waals surface area contributed by atoms with Gasteiger partial charge in [0.2, 0.25) is 0 Å². The Morgan fingerprint density at radius 2 is 1.90 bits per heavy atom. The van der Waals surface area contributed by atoms with Crippen molar-refractivity contribution >= 4 is 5.69 Å². The lowest BCUT2D eigenvalue weighted by Gasteiger charge is -2.12. The molecule has 0 atom stereocenters. The van der Waals surface area contributed by atoms with Crippen LogP contribution >= 0.6 is 0 Å². The minimum Gasteiger partial charge on any atom is -0.383 e. The number of aromatic nitrogens is 1. The summed E-state index contributed by atoms with van der Waals surface area (Å²) in [4.78, 5) is 11.4. The first-order chi connectivity index (χ1) is 9.88. The fourth-order valence-electron chi connectivity index (χ4n) is 1.82. The molecule has 0 unspecified atom stereocenters. The number of anilines is 1. The number of pyridine rings is 1. The molecule has 1 aromatic carbocycles. The van der Waals surface area contributed by atoms with Gasteiger partial charge in [-0.2, -0.15) is 13.2 Å². The van der Waals surface area contributed by atoms with Crippen molar-refractivity contribution in [3.05, 3.63) is 64.3 Å². The van der Waals surface area contributed by atoms with Gasteiger partial charge in [-0.25, -0.2) is 4.39 Å². The van der Waals surface area contributed by atoms with Gasteiger partial charge in [0.1, 0.15) is 5.82 Å². The molecule has 1 aromatic heterocycles. The predicted octanol–water partition coefficient (Wildman–Crippen LogP) is 3.12. The lowest BCUT2D eigenvalue weighted by molar-refractivity contribution is -0.139. The first-order valence-electron chi connectivity index (χ1n) is 6.14. The molecule has 0 radical (unpaired) electrons. The standard InChI is InChI=1S/C14H12F4N2O/c15-12-5-4-10(9-11(12)14(16,17)18)19-6-8-20-7-2-1-3-13(20)21/h1-5,7,9,19H,6,8H2. The summed E-state index contributed by atoms with van der Waals surface area (Å²) in [5.41, 5.74) is -1.37. The summed E-state index contributed by atoms with van der Waals surface area (Å²) < 4.78 is 52.2. The highest BCUT2D eigenvalue weighted by molar-refractivity contribution is 5.47. The van der Waals surface area contributed by atoms with Crippen LogP contribution < -0.4 is 10.9 Å². The van der Waals surface area contributed by atoms with Gasteiger partial charge in [-0.1, -0.05) is 6.07 Å². The number of hydrogen-bond donors (Lipinski definition) is 1. The van der Waals surface area contributed by atoms with Crippen LogP contribution in [0.3, 0.4) is 0 Å². The SMILES string of the molecule is O=c1ccccn1CCNc1ccc(F)c(C(F)(F)F)c1. The maximum absolute atomic E-state index is 13.1. The van der Waals surface area contributed by atoms with E-state index in [-0.39, 0.29) is 17.8 Å². The largest absolute Gasteiger partial charge is 0.419 e. The van der Waals surface area contributed by atoms with E-state index in [1.54, 1.807) is 18.3 Å². The molecule has 2 aromatic rings. The molecule has 0 bridgehead atoms. The van der Waals surface area contributed by atoms with Gasteiger partial charge in [0.15, 0.2) is 0 Å². The van der Waals surface area contributed by atoms with Crippen LogP contribution in [0.1, 0.15) is 5.56 Å². The Morgan fingerprint density at radius 3 is 2.57 bits per heavy atom. The molecule has 0 spiro atoms. The van der Waals surface area contributed by atoms with Crippen LogP contribution in [0.4, 0.5) is 23.2 Å². The first kappa shape index (κ1) is 15.1. The van der Waals surface area contributed by atoms with Gasteiger partial charge in [-0.3, -0.25) is 4.79 Å². The van der Waals surface area contributed by atoms with E-state index >= 15 is 0 Å². The number of nitrogens with one attached hydrogen (secondary N) is 1. The molecule has 112 valence electrons. The Hall–Kier alpha value is -2.31. The second-order valence-electron chi connectivity index (χ2n) is 4.35. The number of nitrogens with zero attached hydrogens (tertiary/aromatic N) is 1. The van der Waals surface area contributed by atoms with Gasteiger partial charge in [0.05, 0.1) is 5.56 Å². The van der Waals surface area contributed by atoms with Crippen molar-refractivity contribution in [3.63, 3.8) is 0 Å². The molecule has 1 heterocycles. The molecule has 0 aliphatic rings. The molecule has 0 aliphatic carbocycles. The summed E-state index contributed by atoms with van der Waals surface area (Å²) in [6.45, 7) is 0.533. The zero-order valence-corrected chi connectivity index (χ0v) is 10.8. The number of alkyl halides is 3. The van der Waals surface area contributed by atoms with Crippen LogP contribution in [0, 0.1) is 5.82 Å². The Kier molecular flexibility index (Phi) is 4.30. The molecular weight excluding hydrogens is 288 g/mol. The molecule has 0 saturated carbocycles. The summed E-state index contributed by atoms with van der Waals surface area (Å²) >= 11 is 0. The molecule has 7 heteroatoms. The van der Waals surface area contributed by atoms with Crippen molar-refractivity contribution in [1.29, 1.82) is 0 Å². The van der Waals surface area contributed by atoms with E-state index in [2.05, 4.69) is 5.32 Å². The highest BCUT2D eigenvalue weighted by Crippen LogP contribution is 2.32. The van der Waals surface area contributed by atoms with Crippen molar-refractivity contribution in [3.8, 4) is 0 Å². The number of hydrogen-bond acceptors (Lipinski definition) is 2. The van der Waals surface area contributed by atoms with Gasteiger partial charge >= 0.3 is 6.18 Å². The topological polar surface area (TPSA) is 34.0 Å². The van der Waals surface area contributed by atoms with E-state index in [0.717, 1.165) is 6.07 Å². The van der Waals surface area contributed by atoms with Crippen molar-refractivity contribution in [2.24, 2.45) is 0 Å². The number of rotatable bonds is 4. The van der Waals surface area contributed by atoms with Gasteiger partial charge < -0.3 is 9.88 Å². The quantitative estimate of drug-likeness (QED) is 0.880. The Morgan fingerprint density at radius 1 is 1.14 bits per heavy atom. The monoisotopic (exact) mass is 300 g/mol. The lowest BCUT2D eigenvalue weighted by Crippen LogP contribution is -2.22. The third-order valence-corrected chi connectivity index (χ3v) is 2.85. The molecule has 0 saturated heterocycles. The molecule has 2 rings (SSSR count). The van der Waals surface area contributed by atoms with E-state index in [9.17, 15) is 22.4 Å². The van der Waals surface area contributed by atoms with Crippen LogP contribution in [-0.2, 0) is 12.7 Å². The summed E-state index contributed by atoms with van der Waals surface area (Å²) in [6.07, 6.45) is -3.16. The second-order valence-corrected chi connectivity index (χ2v) is 4.35. The molecule has 3 nitrogen and oxygen atoms in total. The highest BCUT2D eigenvalue weighted by Gasteiger charge is 2.34. The van der Waals surface area contributed by atoms with E-state index in [4.69, 9.17) is 0 Å². The average molecular weight is 300 g/mol. The van der Waals surface area contributed by atoms with Crippen molar-refractivity contribution in [2.45, 2.75) is 12.7 Å². The molecular formula is C14H12F4N2O. The molecule has 0 fully saturated rings. The number of halogens is 4. The molecule has 0 aliphatic heterocycles. The van der Waals surface area contributed by atoms with E-state index in [1.807, 2.05) is 0 Å². The third-order valence-electron chi connectivity index (χ3n) is 2.85. The Balaban J connectivity index is 2.04. The van der Waals surface area contributed by atoms with E-state index < -0.39 is 17.6 Å². The fourth-order valence-corrected chi connectivity index (χ4v) is 1.82. The predicted molar refractivity (Wildman–Crippen MR) is 70.6 cm³/mol. The van der Waals surface area contributed by atoms with Gasteiger partial charge in [0.25, 0.3) is 5.56 Å². The summed E-state index contributed by atoms with van der Waals surface area (Å²) in [5, 5.41) is 2.73. The zero-order chi connectivity index (χ0) is 15.5. The van der Waals surface area contributed by atoms with E-state index in [1.165, 1.54) is 16.7 Å². The maximum Gasteiger partial charge on any atom is 0.419 e. The van der Waals surface area contributed by atoms with Crippen LogP contribution in [0.25, 0.3) is 0 Å². The van der Waals surface area contributed by atoms with Crippen molar-refractivity contribution in [2.75, 3.05) is 11.9 Å². The van der Waals surface area contributed by atoms with Crippen LogP contribution in [0.15, 0.2) is 47.4 Å². The van der Waals surface area contributed by atoms with Crippen LogP contribution in [-0.4, -0.2) is 11.1 Å². The Labute approximate surface area is 117 Å². The number of benzene rings is 1. The first-order valence-corrected chi connectivity index (χ1v) is 6.14. The molecule has 1 N–H and O–H groups in total. The lowest BCUT2D eigenvalue weighted by atomic mass is 10.2. The fraction of sp³-hybridized carbons (Fsp3) is 0.214. The average Bonchev–Trinajstić information content (AvgIpc) is 2.41. The summed E-state index contributed by atoms with van der Waals surface area (Å²) in [6, 6.07) is 7.36. The molecule has 21 heavy (non-hydrogen) atoms. The summed E-state index contributed by atoms with van der Waals surface area (Å²) in [7, 11) is 0. The van der Waals surface area contributed by atoms with Crippen LogP contribution in [0.5, 0.6) is 0 Å². The molecule has 0 amide bonds. The van der Waals surface area contributed by atoms with Crippen LogP contribution in [0.2, 0.25) is 0 Å². The third kappa shape index (κ3) is 3.84. The minimum atomic E-state index is -4.74. The van der Waals surface area contributed by atoms with Gasteiger partial charge in [0, 0.05) is 31.0 Å². The highest BCUT2D eigenvalue weighted by atomic mass is 19.4. The zero-order valence-electron chi connectivity index (χ0n) is 10.8. The van der Waals surface area contributed by atoms with E-state index in [0.29, 0.717) is 12.6 Å². The van der Waals surface area contributed by atoms with Gasteiger partial charge in [-0.15, -0.1) is 0 Å². The summed E-state index contributed by atoms with van der Waals surface area (Å²) in [5.74, 6) is -1.31.